The number of nitrogens with zero attached hydrogens (tertiary/aromatic N) is 4. The maximum Gasteiger partial charge on any atom is 0.325 e. The van der Waals surface area contributed by atoms with Gasteiger partial charge < -0.3 is 9.64 Å². The summed E-state index contributed by atoms with van der Waals surface area (Å²) in [5.41, 5.74) is 2.79. The van der Waals surface area contributed by atoms with E-state index in [2.05, 4.69) is 9.98 Å². The molecule has 1 aliphatic heterocycles. The van der Waals surface area contributed by atoms with Gasteiger partial charge in [0.15, 0.2) is 5.15 Å². The molecule has 27 heavy (non-hydrogen) atoms. The number of aliphatic imine (C=N–C) groups is 1. The number of amides is 2. The van der Waals surface area contributed by atoms with Crippen molar-refractivity contribution in [2.24, 2.45) is 4.99 Å². The highest BCUT2D eigenvalue weighted by atomic mass is 35.5. The molecule has 0 saturated carbocycles. The number of rotatable bonds is 4. The van der Waals surface area contributed by atoms with E-state index in [0.717, 1.165) is 16.7 Å². The molecule has 144 valence electrons. The predicted octanol–water partition coefficient (Wildman–Crippen LogP) is 4.99. The highest BCUT2D eigenvalue weighted by Gasteiger charge is 2.28. The molecule has 2 amide bonds. The second-order valence-corrected chi connectivity index (χ2v) is 8.15. The zero-order valence-corrected chi connectivity index (χ0v) is 17.9. The van der Waals surface area contributed by atoms with Gasteiger partial charge in [0.05, 0.1) is 6.54 Å². The van der Waals surface area contributed by atoms with Crippen molar-refractivity contribution in [3.05, 3.63) is 38.3 Å². The highest BCUT2D eigenvalue weighted by molar-refractivity contribution is 7.18. The SMILES string of the molecule is CCN(C)C(=O)N1CCN=C1c1cc(C)c(Oc2nc(Cl)c(Cl)s2)cc1C. The summed E-state index contributed by atoms with van der Waals surface area (Å²) in [6.45, 7) is 7.69. The van der Waals surface area contributed by atoms with Gasteiger partial charge in [-0.25, -0.2) is 4.79 Å². The van der Waals surface area contributed by atoms with E-state index in [-0.39, 0.29) is 11.2 Å². The van der Waals surface area contributed by atoms with E-state index >= 15 is 0 Å². The summed E-state index contributed by atoms with van der Waals surface area (Å²) >= 11 is 13.0. The van der Waals surface area contributed by atoms with Gasteiger partial charge in [-0.1, -0.05) is 34.5 Å². The molecule has 0 N–H and O–H groups in total. The van der Waals surface area contributed by atoms with Crippen molar-refractivity contribution >= 4 is 46.4 Å². The Labute approximate surface area is 172 Å². The lowest BCUT2D eigenvalue weighted by Gasteiger charge is -2.25. The van der Waals surface area contributed by atoms with Crippen molar-refractivity contribution in [1.29, 1.82) is 0 Å². The second kappa shape index (κ2) is 8.04. The number of aryl methyl sites for hydroxylation is 2. The van der Waals surface area contributed by atoms with E-state index < -0.39 is 0 Å². The summed E-state index contributed by atoms with van der Waals surface area (Å²) in [5.74, 6) is 1.37. The van der Waals surface area contributed by atoms with Gasteiger partial charge >= 0.3 is 6.03 Å². The average Bonchev–Trinajstić information content (AvgIpc) is 3.23. The summed E-state index contributed by atoms with van der Waals surface area (Å²) in [5, 5.41) is 0.622. The van der Waals surface area contributed by atoms with Gasteiger partial charge in [0, 0.05) is 25.7 Å². The van der Waals surface area contributed by atoms with Crippen molar-refractivity contribution in [2.45, 2.75) is 20.8 Å². The summed E-state index contributed by atoms with van der Waals surface area (Å²) < 4.78 is 6.24. The third-order valence-corrected chi connectivity index (χ3v) is 5.98. The summed E-state index contributed by atoms with van der Waals surface area (Å²) in [4.78, 5) is 24.7. The molecule has 6 nitrogen and oxygen atoms in total. The molecule has 0 spiro atoms. The van der Waals surface area contributed by atoms with Crippen LogP contribution in [0.25, 0.3) is 0 Å². The number of hydrogen-bond donors (Lipinski definition) is 0. The first-order chi connectivity index (χ1) is 12.8. The van der Waals surface area contributed by atoms with Crippen LogP contribution in [0.3, 0.4) is 0 Å². The summed E-state index contributed by atoms with van der Waals surface area (Å²) in [6.07, 6.45) is 0. The minimum Gasteiger partial charge on any atom is -0.431 e. The molecule has 2 aromatic rings. The Kier molecular flexibility index (Phi) is 5.93. The number of amidine groups is 1. The topological polar surface area (TPSA) is 58.0 Å². The third-order valence-electron chi connectivity index (χ3n) is 4.36. The first-order valence-electron chi connectivity index (χ1n) is 8.50. The predicted molar refractivity (Wildman–Crippen MR) is 110 cm³/mol. The van der Waals surface area contributed by atoms with Gasteiger partial charge in [0.25, 0.3) is 5.19 Å². The first-order valence-corrected chi connectivity index (χ1v) is 10.1. The van der Waals surface area contributed by atoms with Gasteiger partial charge in [-0.15, -0.1) is 0 Å². The number of thiazole rings is 1. The minimum atomic E-state index is -0.0433. The van der Waals surface area contributed by atoms with Crippen molar-refractivity contribution < 1.29 is 9.53 Å². The van der Waals surface area contributed by atoms with E-state index in [1.165, 1.54) is 11.3 Å². The van der Waals surface area contributed by atoms with Crippen LogP contribution >= 0.6 is 34.5 Å². The number of carbonyl (C=O) groups is 1. The van der Waals surface area contributed by atoms with E-state index in [9.17, 15) is 4.79 Å². The Morgan fingerprint density at radius 1 is 1.33 bits per heavy atom. The quantitative estimate of drug-likeness (QED) is 0.691. The number of carbonyl (C=O) groups excluding carboxylic acids is 1. The van der Waals surface area contributed by atoms with Gasteiger partial charge in [-0.2, -0.15) is 4.98 Å². The molecule has 3 rings (SSSR count). The van der Waals surface area contributed by atoms with Crippen LogP contribution < -0.4 is 4.74 Å². The number of halogens is 2. The molecule has 0 saturated heterocycles. The first kappa shape index (κ1) is 19.9. The number of urea groups is 1. The molecule has 0 bridgehead atoms. The van der Waals surface area contributed by atoms with Crippen molar-refractivity contribution in [3.8, 4) is 10.9 Å². The van der Waals surface area contributed by atoms with Crippen LogP contribution in [0.15, 0.2) is 17.1 Å². The molecular weight excluding hydrogens is 407 g/mol. The largest absolute Gasteiger partial charge is 0.431 e. The standard InChI is InChI=1S/C18H20Cl2N4O2S/c1-5-23(4)18(25)24-7-6-21-16(24)12-8-11(3)13(9-10(12)2)26-17-22-14(19)15(20)27-17/h8-9H,5-7H2,1-4H3. The fourth-order valence-corrected chi connectivity index (χ4v) is 3.78. The molecule has 9 heteroatoms. The lowest BCUT2D eigenvalue weighted by Crippen LogP contribution is -2.43. The van der Waals surface area contributed by atoms with Crippen LogP contribution in [0.4, 0.5) is 4.79 Å². The maximum atomic E-state index is 12.6. The molecule has 2 heterocycles. The van der Waals surface area contributed by atoms with E-state index in [1.54, 1.807) is 16.8 Å². The van der Waals surface area contributed by atoms with E-state index in [1.807, 2.05) is 32.9 Å². The van der Waals surface area contributed by atoms with Gasteiger partial charge in [-0.05, 0) is 44.0 Å². The summed E-state index contributed by atoms with van der Waals surface area (Å²) in [7, 11) is 1.79. The van der Waals surface area contributed by atoms with Crippen LogP contribution in [0.1, 0.15) is 23.6 Å². The highest BCUT2D eigenvalue weighted by Crippen LogP contribution is 2.37. The van der Waals surface area contributed by atoms with Crippen molar-refractivity contribution in [3.63, 3.8) is 0 Å². The third kappa shape index (κ3) is 4.05. The smallest absolute Gasteiger partial charge is 0.325 e. The zero-order chi connectivity index (χ0) is 19.7. The van der Waals surface area contributed by atoms with Crippen LogP contribution in [-0.2, 0) is 0 Å². The number of hydrogen-bond acceptors (Lipinski definition) is 5. The van der Waals surface area contributed by atoms with Gasteiger partial charge in [0.1, 0.15) is 15.9 Å². The lowest BCUT2D eigenvalue weighted by molar-refractivity contribution is 0.191. The summed E-state index contributed by atoms with van der Waals surface area (Å²) in [6, 6.07) is 3.86. The zero-order valence-electron chi connectivity index (χ0n) is 15.5. The normalized spacial score (nSPS) is 13.7. The Balaban J connectivity index is 1.89. The number of aromatic nitrogens is 1. The van der Waals surface area contributed by atoms with Gasteiger partial charge in [-0.3, -0.25) is 9.89 Å². The Morgan fingerprint density at radius 2 is 2.07 bits per heavy atom. The van der Waals surface area contributed by atoms with Gasteiger partial charge in [0.2, 0.25) is 0 Å². The monoisotopic (exact) mass is 426 g/mol. The fraction of sp³-hybridized carbons (Fsp3) is 0.389. The molecule has 0 atom stereocenters. The Hall–Kier alpha value is -1.83. The van der Waals surface area contributed by atoms with Crippen molar-refractivity contribution in [2.75, 3.05) is 26.7 Å². The van der Waals surface area contributed by atoms with Crippen LogP contribution in [0.2, 0.25) is 9.49 Å². The lowest BCUT2D eigenvalue weighted by atomic mass is 10.0. The fourth-order valence-electron chi connectivity index (χ4n) is 2.75. The van der Waals surface area contributed by atoms with Crippen LogP contribution in [-0.4, -0.2) is 53.3 Å². The molecule has 0 fully saturated rings. The number of benzene rings is 1. The Morgan fingerprint density at radius 3 is 2.70 bits per heavy atom. The molecule has 1 aromatic carbocycles. The molecule has 0 radical (unpaired) electrons. The Bertz CT molecular complexity index is 894. The molecule has 0 aliphatic carbocycles. The van der Waals surface area contributed by atoms with Crippen LogP contribution in [0.5, 0.6) is 10.9 Å². The average molecular weight is 427 g/mol. The van der Waals surface area contributed by atoms with E-state index in [0.29, 0.717) is 40.7 Å². The van der Waals surface area contributed by atoms with E-state index in [4.69, 9.17) is 27.9 Å². The van der Waals surface area contributed by atoms with Crippen LogP contribution in [0, 0.1) is 13.8 Å². The molecular formula is C18H20Cl2N4O2S. The molecule has 1 aromatic heterocycles. The molecule has 0 unspecified atom stereocenters. The minimum absolute atomic E-state index is 0.0433. The van der Waals surface area contributed by atoms with Crippen molar-refractivity contribution in [1.82, 2.24) is 14.8 Å². The number of ether oxygens (including phenoxy) is 1. The molecule has 1 aliphatic rings. The maximum absolute atomic E-state index is 12.6. The second-order valence-electron chi connectivity index (χ2n) is 6.23.